The van der Waals surface area contributed by atoms with Crippen LogP contribution in [0.5, 0.6) is 0 Å². The fraction of sp³-hybridized carbons (Fsp3) is 0.435. The van der Waals surface area contributed by atoms with Crippen LogP contribution < -0.4 is 4.31 Å². The molecule has 6 nitrogen and oxygen atoms in total. The minimum atomic E-state index is -3.28. The lowest BCUT2D eigenvalue weighted by Gasteiger charge is -2.32. The van der Waals surface area contributed by atoms with Crippen molar-refractivity contribution in [1.29, 1.82) is 0 Å². The van der Waals surface area contributed by atoms with Gasteiger partial charge in [-0.1, -0.05) is 42.5 Å². The van der Waals surface area contributed by atoms with Crippen molar-refractivity contribution in [3.05, 3.63) is 65.2 Å². The van der Waals surface area contributed by atoms with E-state index in [4.69, 9.17) is 0 Å². The Morgan fingerprint density at radius 2 is 1.77 bits per heavy atom. The number of hydrogen-bond donors (Lipinski definition) is 0. The molecular weight excluding hydrogens is 430 g/mol. The molecular formula is C23H31N3O3S2. The van der Waals surface area contributed by atoms with Gasteiger partial charge in [-0.05, 0) is 48.7 Å². The molecule has 2 heterocycles. The zero-order valence-corrected chi connectivity index (χ0v) is 19.9. The first kappa shape index (κ1) is 23.6. The second kappa shape index (κ2) is 9.63. The molecule has 0 bridgehead atoms. The molecule has 0 aromatic heterocycles. The van der Waals surface area contributed by atoms with Crippen molar-refractivity contribution in [1.82, 2.24) is 9.80 Å². The third-order valence-corrected chi connectivity index (χ3v) is 7.98. The molecule has 2 aliphatic rings. The molecule has 0 spiro atoms. The van der Waals surface area contributed by atoms with Gasteiger partial charge in [0.15, 0.2) is 0 Å². The molecule has 2 aromatic rings. The van der Waals surface area contributed by atoms with Gasteiger partial charge in [-0.25, -0.2) is 8.42 Å². The van der Waals surface area contributed by atoms with Crippen molar-refractivity contribution >= 4 is 35.1 Å². The van der Waals surface area contributed by atoms with Crippen LogP contribution in [0.3, 0.4) is 0 Å². The first-order chi connectivity index (χ1) is 14.3. The first-order valence-electron chi connectivity index (χ1n) is 10.5. The summed E-state index contributed by atoms with van der Waals surface area (Å²) in [7, 11) is 0.169. The lowest BCUT2D eigenvalue weighted by molar-refractivity contribution is -0.131. The molecule has 1 amide bonds. The Morgan fingerprint density at radius 3 is 2.45 bits per heavy atom. The number of rotatable bonds is 6. The van der Waals surface area contributed by atoms with Crippen LogP contribution in [0.25, 0.3) is 0 Å². The van der Waals surface area contributed by atoms with E-state index in [1.54, 1.807) is 7.05 Å². The fourth-order valence-corrected chi connectivity index (χ4v) is 5.69. The minimum absolute atomic E-state index is 0. The van der Waals surface area contributed by atoms with Crippen LogP contribution in [-0.4, -0.2) is 57.9 Å². The van der Waals surface area contributed by atoms with E-state index in [1.807, 2.05) is 48.3 Å². The fourth-order valence-electron chi connectivity index (χ4n) is 4.39. The Kier molecular flexibility index (Phi) is 7.34. The highest BCUT2D eigenvalue weighted by Gasteiger charge is 2.31. The summed E-state index contributed by atoms with van der Waals surface area (Å²) in [4.78, 5) is 17.5. The maximum absolute atomic E-state index is 13.2. The van der Waals surface area contributed by atoms with Crippen molar-refractivity contribution in [2.45, 2.75) is 31.1 Å². The highest BCUT2D eigenvalue weighted by atomic mass is 32.2. The summed E-state index contributed by atoms with van der Waals surface area (Å²) in [5, 5.41) is 0. The van der Waals surface area contributed by atoms with Crippen LogP contribution in [0, 0.1) is 0 Å². The second-order valence-corrected chi connectivity index (χ2v) is 10.3. The summed E-state index contributed by atoms with van der Waals surface area (Å²) in [6.07, 6.45) is 2.68. The van der Waals surface area contributed by atoms with Gasteiger partial charge in [0.1, 0.15) is 0 Å². The Labute approximate surface area is 192 Å². The van der Waals surface area contributed by atoms with Crippen molar-refractivity contribution in [2.75, 3.05) is 38.0 Å². The summed E-state index contributed by atoms with van der Waals surface area (Å²) < 4.78 is 25.6. The quantitative estimate of drug-likeness (QED) is 0.664. The molecule has 1 atom stereocenters. The number of amides is 1. The van der Waals surface area contributed by atoms with Gasteiger partial charge >= 0.3 is 0 Å². The largest absolute Gasteiger partial charge is 0.337 e. The van der Waals surface area contributed by atoms with E-state index in [2.05, 4.69) is 17.0 Å². The molecule has 1 saturated heterocycles. The van der Waals surface area contributed by atoms with E-state index >= 15 is 0 Å². The van der Waals surface area contributed by atoms with Crippen LogP contribution in [0.1, 0.15) is 35.6 Å². The lowest BCUT2D eigenvalue weighted by atomic mass is 10.0. The van der Waals surface area contributed by atoms with Crippen LogP contribution in [-0.2, 0) is 27.0 Å². The number of likely N-dealkylation sites (N-methyl/N-ethyl adjacent to an activating group) is 1. The molecule has 31 heavy (non-hydrogen) atoms. The van der Waals surface area contributed by atoms with Crippen LogP contribution >= 0.6 is 13.5 Å². The maximum Gasteiger partial charge on any atom is 0.239 e. The summed E-state index contributed by atoms with van der Waals surface area (Å²) in [6, 6.07) is 15.7. The van der Waals surface area contributed by atoms with Gasteiger partial charge in [-0.15, -0.1) is 0 Å². The average molecular weight is 462 g/mol. The maximum atomic E-state index is 13.2. The zero-order chi connectivity index (χ0) is 21.3. The second-order valence-electron chi connectivity index (χ2n) is 8.30. The molecule has 2 aliphatic heterocycles. The molecule has 0 radical (unpaired) electrons. The zero-order valence-electron chi connectivity index (χ0n) is 18.1. The smallest absolute Gasteiger partial charge is 0.239 e. The molecule has 1 fully saturated rings. The van der Waals surface area contributed by atoms with Gasteiger partial charge in [-0.2, -0.15) is 13.5 Å². The Hall–Kier alpha value is -2.03. The van der Waals surface area contributed by atoms with Crippen molar-refractivity contribution in [3.8, 4) is 0 Å². The molecule has 8 heteroatoms. The van der Waals surface area contributed by atoms with E-state index in [0.717, 1.165) is 36.3 Å². The molecule has 0 N–H and O–H groups in total. The monoisotopic (exact) mass is 461 g/mol. The van der Waals surface area contributed by atoms with Crippen molar-refractivity contribution in [2.24, 2.45) is 0 Å². The number of carbonyl (C=O) groups is 1. The van der Waals surface area contributed by atoms with Crippen LogP contribution in [0.2, 0.25) is 0 Å². The Balaban J connectivity index is 0.00000272. The SMILES string of the molecule is CN(C(=O)Cc1ccc2c(c1)N(C)S(=O)(=O)C2)[C@H](CN1CCCC1)c1ccccc1.S. The number of carbonyl (C=O) groups excluding carboxylic acids is 1. The molecule has 0 aliphatic carbocycles. The van der Waals surface area contributed by atoms with Gasteiger partial charge in [0.05, 0.1) is 23.9 Å². The third kappa shape index (κ3) is 5.07. The van der Waals surface area contributed by atoms with Gasteiger partial charge in [0.25, 0.3) is 0 Å². The molecule has 168 valence electrons. The van der Waals surface area contributed by atoms with Gasteiger partial charge in [0.2, 0.25) is 15.9 Å². The number of nitrogens with zero attached hydrogens (tertiary/aromatic N) is 3. The molecule has 0 unspecified atom stereocenters. The third-order valence-electron chi connectivity index (χ3n) is 6.27. The number of benzene rings is 2. The van der Waals surface area contributed by atoms with Crippen LogP contribution in [0.4, 0.5) is 5.69 Å². The van der Waals surface area contributed by atoms with E-state index in [9.17, 15) is 13.2 Å². The minimum Gasteiger partial charge on any atom is -0.337 e. The molecule has 2 aromatic carbocycles. The summed E-state index contributed by atoms with van der Waals surface area (Å²) in [5.41, 5.74) is 3.44. The van der Waals surface area contributed by atoms with E-state index < -0.39 is 10.0 Å². The molecule has 0 saturated carbocycles. The topological polar surface area (TPSA) is 60.9 Å². The Morgan fingerprint density at radius 1 is 1.10 bits per heavy atom. The lowest BCUT2D eigenvalue weighted by Crippen LogP contribution is -2.39. The number of fused-ring (bicyclic) bond motifs is 1. The number of likely N-dealkylation sites (tertiary alicyclic amines) is 1. The predicted molar refractivity (Wildman–Crippen MR) is 129 cm³/mol. The number of hydrogen-bond acceptors (Lipinski definition) is 4. The number of anilines is 1. The van der Waals surface area contributed by atoms with E-state index in [1.165, 1.54) is 17.1 Å². The molecule has 4 rings (SSSR count). The van der Waals surface area contributed by atoms with Crippen LogP contribution in [0.15, 0.2) is 48.5 Å². The van der Waals surface area contributed by atoms with E-state index in [-0.39, 0.29) is 37.6 Å². The van der Waals surface area contributed by atoms with E-state index in [0.29, 0.717) is 5.69 Å². The average Bonchev–Trinajstić information content (AvgIpc) is 3.33. The standard InChI is InChI=1S/C23H29N3O3S.H2S/c1-24(22(16-26-12-6-7-13-26)19-8-4-3-5-9-19)23(27)15-18-10-11-20-17-30(28,29)25(2)21(20)14-18;/h3-5,8-11,14,22H,6-7,12-13,15-17H2,1-2H3;1H2/t22-;/m1./s1. The van der Waals surface area contributed by atoms with Gasteiger partial charge < -0.3 is 9.80 Å². The highest BCUT2D eigenvalue weighted by Crippen LogP contribution is 2.33. The van der Waals surface area contributed by atoms with Gasteiger partial charge in [-0.3, -0.25) is 9.10 Å². The Bertz CT molecular complexity index is 1020. The summed E-state index contributed by atoms with van der Waals surface area (Å²) in [6.45, 7) is 2.99. The summed E-state index contributed by atoms with van der Waals surface area (Å²) in [5.74, 6) is 0.0605. The highest BCUT2D eigenvalue weighted by molar-refractivity contribution is 7.92. The predicted octanol–water partition coefficient (Wildman–Crippen LogP) is 2.92. The normalized spacial score (nSPS) is 18.3. The van der Waals surface area contributed by atoms with Crippen molar-refractivity contribution < 1.29 is 13.2 Å². The first-order valence-corrected chi connectivity index (χ1v) is 12.1. The van der Waals surface area contributed by atoms with Gasteiger partial charge in [0, 0.05) is 20.6 Å². The van der Waals surface area contributed by atoms with Crippen molar-refractivity contribution in [3.63, 3.8) is 0 Å². The number of sulfonamides is 1. The summed E-state index contributed by atoms with van der Waals surface area (Å²) >= 11 is 0.